The summed E-state index contributed by atoms with van der Waals surface area (Å²) in [5.41, 5.74) is 0. The normalized spacial score (nSPS) is 10.8. The average molecular weight is 359 g/mol. The molecule has 0 fully saturated rings. The van der Waals surface area contributed by atoms with E-state index in [1.165, 1.54) is 12.7 Å². The Labute approximate surface area is 120 Å². The third-order valence-electron chi connectivity index (χ3n) is 1.81. The van der Waals surface area contributed by atoms with Crippen LogP contribution in [0.1, 0.15) is 5.82 Å². The van der Waals surface area contributed by atoms with Crippen LogP contribution in [0.2, 0.25) is 0 Å². The van der Waals surface area contributed by atoms with Gasteiger partial charge in [-0.05, 0) is 22.9 Å². The number of halogens is 5. The van der Waals surface area contributed by atoms with Crippen molar-refractivity contribution in [2.45, 2.75) is 32.9 Å². The number of aryl methyl sites for hydroxylation is 1. The van der Waals surface area contributed by atoms with Crippen molar-refractivity contribution in [2.75, 3.05) is 0 Å². The lowest BCUT2D eigenvalue weighted by Crippen LogP contribution is -2.06. The van der Waals surface area contributed by atoms with Gasteiger partial charge in [0.2, 0.25) is 4.73 Å². The zero-order valence-electron chi connectivity index (χ0n) is 10.3. The van der Waals surface area contributed by atoms with Crippen LogP contribution >= 0.6 is 15.9 Å². The van der Waals surface area contributed by atoms with Gasteiger partial charge < -0.3 is 0 Å². The van der Waals surface area contributed by atoms with E-state index in [-0.39, 0.29) is 6.54 Å². The van der Waals surface area contributed by atoms with Gasteiger partial charge in [-0.3, -0.25) is 0 Å². The van der Waals surface area contributed by atoms with Gasteiger partial charge >= 0.3 is 0 Å². The fraction of sp³-hybridized carbons (Fsp3) is 0.556. The molecule has 0 saturated carbocycles. The maximum Gasteiger partial charge on any atom is 0.257 e. The molecule has 0 atom stereocenters. The van der Waals surface area contributed by atoms with Gasteiger partial charge in [-0.1, -0.05) is 0 Å². The Kier molecular flexibility index (Phi) is 6.55. The zero-order chi connectivity index (χ0) is 15.1. The molecule has 0 radical (unpaired) electrons. The highest BCUT2D eigenvalue weighted by Crippen LogP contribution is 2.01. The van der Waals surface area contributed by atoms with Crippen LogP contribution in [0.3, 0.4) is 0 Å². The molecule has 0 aliphatic heterocycles. The van der Waals surface area contributed by atoms with Crippen LogP contribution in [0.25, 0.3) is 0 Å². The lowest BCUT2D eigenvalue weighted by Gasteiger charge is -1.95. The van der Waals surface area contributed by atoms with E-state index < -0.39 is 19.4 Å². The molecular formula is C9H11BrF4N6. The first kappa shape index (κ1) is 16.5. The van der Waals surface area contributed by atoms with Crippen LogP contribution in [0.5, 0.6) is 0 Å². The summed E-state index contributed by atoms with van der Waals surface area (Å²) in [6.45, 7) is 0.876. The van der Waals surface area contributed by atoms with E-state index in [0.717, 1.165) is 9.36 Å². The summed E-state index contributed by atoms with van der Waals surface area (Å²) in [4.78, 5) is 7.29. The molecule has 2 heterocycles. The van der Waals surface area contributed by atoms with Gasteiger partial charge in [0.1, 0.15) is 31.6 Å². The van der Waals surface area contributed by atoms with Gasteiger partial charge in [-0.15, -0.1) is 5.10 Å². The van der Waals surface area contributed by atoms with Gasteiger partial charge in [-0.2, -0.15) is 5.10 Å². The number of hydrogen-bond acceptors (Lipinski definition) is 4. The van der Waals surface area contributed by atoms with Crippen LogP contribution in [0, 0.1) is 6.92 Å². The molecule has 11 heteroatoms. The summed E-state index contributed by atoms with van der Waals surface area (Å²) in [5, 5.41) is 7.27. The average Bonchev–Trinajstić information content (AvgIpc) is 2.87. The molecule has 2 aromatic heterocycles. The summed E-state index contributed by atoms with van der Waals surface area (Å²) in [7, 11) is 0. The Morgan fingerprint density at radius 2 is 1.50 bits per heavy atom. The van der Waals surface area contributed by atoms with E-state index in [4.69, 9.17) is 0 Å². The van der Waals surface area contributed by atoms with Crippen LogP contribution in [-0.4, -0.2) is 42.4 Å². The van der Waals surface area contributed by atoms with Crippen molar-refractivity contribution in [3.8, 4) is 0 Å². The molecule has 2 aromatic rings. The molecule has 0 saturated heterocycles. The Balaban J connectivity index is 0.000000200. The molecule has 0 unspecified atom stereocenters. The molecule has 0 aliphatic carbocycles. The molecule has 20 heavy (non-hydrogen) atoms. The van der Waals surface area contributed by atoms with Gasteiger partial charge in [0, 0.05) is 0 Å². The highest BCUT2D eigenvalue weighted by molar-refractivity contribution is 9.10. The third-order valence-corrected chi connectivity index (χ3v) is 2.17. The predicted molar refractivity (Wildman–Crippen MR) is 64.5 cm³/mol. The maximum absolute atomic E-state index is 11.6. The van der Waals surface area contributed by atoms with Crippen molar-refractivity contribution in [1.82, 2.24) is 29.5 Å². The van der Waals surface area contributed by atoms with Crippen molar-refractivity contribution in [3.05, 3.63) is 23.2 Å². The minimum atomic E-state index is -2.38. The second-order valence-electron chi connectivity index (χ2n) is 3.53. The highest BCUT2D eigenvalue weighted by Gasteiger charge is 2.05. The summed E-state index contributed by atoms with van der Waals surface area (Å²) in [6.07, 6.45) is -2.20. The van der Waals surface area contributed by atoms with Crippen molar-refractivity contribution in [3.63, 3.8) is 0 Å². The topological polar surface area (TPSA) is 61.4 Å². The second kappa shape index (κ2) is 7.92. The first-order valence-electron chi connectivity index (χ1n) is 5.34. The van der Waals surface area contributed by atoms with Crippen molar-refractivity contribution in [1.29, 1.82) is 0 Å². The summed E-state index contributed by atoms with van der Waals surface area (Å²) in [6, 6.07) is 0. The highest BCUT2D eigenvalue weighted by atomic mass is 79.9. The Bertz CT molecular complexity index is 468. The number of hydrogen-bond donors (Lipinski definition) is 0. The fourth-order valence-corrected chi connectivity index (χ4v) is 1.41. The van der Waals surface area contributed by atoms with Gasteiger partial charge in [0.15, 0.2) is 0 Å². The van der Waals surface area contributed by atoms with Crippen LogP contribution in [-0.2, 0) is 13.1 Å². The quantitative estimate of drug-likeness (QED) is 0.785. The van der Waals surface area contributed by atoms with Crippen molar-refractivity contribution < 1.29 is 17.6 Å². The van der Waals surface area contributed by atoms with Crippen LogP contribution in [0.4, 0.5) is 17.6 Å². The van der Waals surface area contributed by atoms with Crippen LogP contribution in [0.15, 0.2) is 17.4 Å². The standard InChI is InChI=1S/C5H7F2N3.C4H4BrF2N3/c1-4-8-3-10(9-4)2-5(6)7;5-4-8-2-10(9-4)1-3(6)7/h3,5H,2H2,1H3;2-3H,1H2. The third kappa shape index (κ3) is 6.59. The van der Waals surface area contributed by atoms with E-state index in [2.05, 4.69) is 36.1 Å². The lowest BCUT2D eigenvalue weighted by molar-refractivity contribution is 0.121. The lowest BCUT2D eigenvalue weighted by atomic mass is 10.7. The maximum atomic E-state index is 11.6. The number of aromatic nitrogens is 6. The molecule has 0 bridgehead atoms. The van der Waals surface area contributed by atoms with Crippen molar-refractivity contribution in [2.24, 2.45) is 0 Å². The van der Waals surface area contributed by atoms with Crippen LogP contribution < -0.4 is 0 Å². The molecule has 0 aliphatic rings. The minimum Gasteiger partial charge on any atom is -0.247 e. The van der Waals surface area contributed by atoms with E-state index in [1.807, 2.05) is 0 Å². The number of alkyl halides is 4. The summed E-state index contributed by atoms with van der Waals surface area (Å²) < 4.78 is 49.1. The van der Waals surface area contributed by atoms with E-state index in [1.54, 1.807) is 6.92 Å². The SMILES string of the molecule is Cc1ncn(CC(F)F)n1.FC(F)Cn1cnc(Br)n1. The van der Waals surface area contributed by atoms with Crippen molar-refractivity contribution >= 4 is 15.9 Å². The first-order chi connectivity index (χ1) is 9.36. The molecule has 0 amide bonds. The molecule has 2 rings (SSSR count). The van der Waals surface area contributed by atoms with Gasteiger partial charge in [0.25, 0.3) is 12.9 Å². The largest absolute Gasteiger partial charge is 0.257 e. The van der Waals surface area contributed by atoms with Gasteiger partial charge in [-0.25, -0.2) is 36.9 Å². The molecular weight excluding hydrogens is 348 g/mol. The monoisotopic (exact) mass is 358 g/mol. The fourth-order valence-electron chi connectivity index (χ4n) is 1.12. The molecule has 0 aromatic carbocycles. The molecule has 0 N–H and O–H groups in total. The predicted octanol–water partition coefficient (Wildman–Crippen LogP) is 2.16. The Morgan fingerprint density at radius 3 is 1.85 bits per heavy atom. The van der Waals surface area contributed by atoms with E-state index in [0.29, 0.717) is 10.6 Å². The second-order valence-corrected chi connectivity index (χ2v) is 4.24. The zero-order valence-corrected chi connectivity index (χ0v) is 11.9. The smallest absolute Gasteiger partial charge is 0.247 e. The first-order valence-corrected chi connectivity index (χ1v) is 6.13. The molecule has 6 nitrogen and oxygen atoms in total. The minimum absolute atomic E-state index is 0.327. The molecule has 112 valence electrons. The van der Waals surface area contributed by atoms with E-state index >= 15 is 0 Å². The van der Waals surface area contributed by atoms with E-state index in [9.17, 15) is 17.6 Å². The Hall–Kier alpha value is -1.52. The number of nitrogens with zero attached hydrogens (tertiary/aromatic N) is 6. The molecule has 0 spiro atoms. The number of rotatable bonds is 4. The van der Waals surface area contributed by atoms with Gasteiger partial charge in [0.05, 0.1) is 0 Å². The summed E-state index contributed by atoms with van der Waals surface area (Å²) in [5.74, 6) is 0.514. The summed E-state index contributed by atoms with van der Waals surface area (Å²) >= 11 is 2.93. The Morgan fingerprint density at radius 1 is 1.00 bits per heavy atom.